The van der Waals surface area contributed by atoms with Gasteiger partial charge in [-0.1, -0.05) is 12.1 Å². The highest BCUT2D eigenvalue weighted by molar-refractivity contribution is 7.79. The van der Waals surface area contributed by atoms with E-state index in [-0.39, 0.29) is 5.88 Å². The summed E-state index contributed by atoms with van der Waals surface area (Å²) in [5, 5.41) is 3.38. The fourth-order valence-electron chi connectivity index (χ4n) is 2.54. The summed E-state index contributed by atoms with van der Waals surface area (Å²) >= 11 is -2.04. The van der Waals surface area contributed by atoms with E-state index in [1.54, 1.807) is 11.9 Å². The second-order valence-electron chi connectivity index (χ2n) is 5.19. The van der Waals surface area contributed by atoms with Gasteiger partial charge in [0.1, 0.15) is 0 Å². The molecule has 1 aromatic carbocycles. The van der Waals surface area contributed by atoms with E-state index >= 15 is 0 Å². The molecular weight excluding hydrogens is 260 g/mol. The van der Waals surface area contributed by atoms with Crippen LogP contribution in [0.5, 0.6) is 0 Å². The monoisotopic (exact) mass is 281 g/mol. The lowest BCUT2D eigenvalue weighted by Gasteiger charge is -2.23. The standard InChI is InChI=1S/C14H22N2O2S/c1-16(11-19(17)18)14-4-2-12(3-5-14)10-13-6-8-15-9-7-13/h2-5,13,15H,6-11H2,1H3,(H,17,18)/p-1. The van der Waals surface area contributed by atoms with E-state index in [0.29, 0.717) is 0 Å². The maximum absolute atomic E-state index is 10.7. The average molecular weight is 281 g/mol. The van der Waals surface area contributed by atoms with Gasteiger partial charge in [0.05, 0.1) is 5.88 Å². The zero-order valence-electron chi connectivity index (χ0n) is 11.3. The van der Waals surface area contributed by atoms with Crippen LogP contribution in [0.4, 0.5) is 5.69 Å². The molecule has 1 aliphatic heterocycles. The largest absolute Gasteiger partial charge is 0.771 e. The fraction of sp³-hybridized carbons (Fsp3) is 0.571. The molecular formula is C14H21N2O2S-. The third-order valence-electron chi connectivity index (χ3n) is 3.66. The molecule has 4 nitrogen and oxygen atoms in total. The van der Waals surface area contributed by atoms with E-state index in [1.165, 1.54) is 18.4 Å². The number of rotatable bonds is 5. The van der Waals surface area contributed by atoms with Crippen LogP contribution >= 0.6 is 0 Å². The van der Waals surface area contributed by atoms with E-state index in [4.69, 9.17) is 0 Å². The van der Waals surface area contributed by atoms with Crippen molar-refractivity contribution in [2.45, 2.75) is 19.3 Å². The molecule has 106 valence electrons. The molecule has 5 heteroatoms. The van der Waals surface area contributed by atoms with Gasteiger partial charge in [0.25, 0.3) is 0 Å². The first kappa shape index (κ1) is 14.5. The summed E-state index contributed by atoms with van der Waals surface area (Å²) in [4.78, 5) is 1.73. The summed E-state index contributed by atoms with van der Waals surface area (Å²) in [5.41, 5.74) is 2.28. The maximum atomic E-state index is 10.7. The Bertz CT molecular complexity index is 416. The molecule has 0 aliphatic carbocycles. The highest BCUT2D eigenvalue weighted by Gasteiger charge is 2.13. The molecule has 2 rings (SSSR count). The van der Waals surface area contributed by atoms with E-state index < -0.39 is 11.1 Å². The molecule has 1 atom stereocenters. The smallest absolute Gasteiger partial charge is 0.0802 e. The topological polar surface area (TPSA) is 55.4 Å². The zero-order valence-corrected chi connectivity index (χ0v) is 12.1. The Morgan fingerprint density at radius 3 is 2.53 bits per heavy atom. The third kappa shape index (κ3) is 4.60. The number of nitrogens with zero attached hydrogens (tertiary/aromatic N) is 1. The second kappa shape index (κ2) is 7.03. The minimum Gasteiger partial charge on any atom is -0.771 e. The van der Waals surface area contributed by atoms with Crippen molar-refractivity contribution in [1.82, 2.24) is 5.32 Å². The summed E-state index contributed by atoms with van der Waals surface area (Å²) in [5.74, 6) is 0.812. The van der Waals surface area contributed by atoms with Crippen LogP contribution in [0.15, 0.2) is 24.3 Å². The molecule has 0 bridgehead atoms. The lowest BCUT2D eigenvalue weighted by molar-refractivity contribution is 0.372. The van der Waals surface area contributed by atoms with Gasteiger partial charge < -0.3 is 14.8 Å². The minimum absolute atomic E-state index is 0.0354. The van der Waals surface area contributed by atoms with Gasteiger partial charge in [0.2, 0.25) is 0 Å². The number of hydrogen-bond acceptors (Lipinski definition) is 4. The third-order valence-corrected chi connectivity index (χ3v) is 4.26. The Morgan fingerprint density at radius 1 is 1.32 bits per heavy atom. The second-order valence-corrected chi connectivity index (χ2v) is 6.06. The molecule has 0 amide bonds. The number of hydrogen-bond donors (Lipinski definition) is 1. The quantitative estimate of drug-likeness (QED) is 0.831. The van der Waals surface area contributed by atoms with Gasteiger partial charge in [-0.05, 0) is 67.0 Å². The molecule has 1 aromatic rings. The summed E-state index contributed by atoms with van der Waals surface area (Å²) < 4.78 is 21.3. The first-order chi connectivity index (χ1) is 9.15. The van der Waals surface area contributed by atoms with Crippen LogP contribution in [0.25, 0.3) is 0 Å². The highest BCUT2D eigenvalue weighted by atomic mass is 32.2. The molecule has 0 spiro atoms. The number of benzene rings is 1. The Balaban J connectivity index is 1.92. The summed E-state index contributed by atoms with van der Waals surface area (Å²) in [6, 6.07) is 8.23. The summed E-state index contributed by atoms with van der Waals surface area (Å²) in [6.07, 6.45) is 3.62. The van der Waals surface area contributed by atoms with Crippen LogP contribution in [0.3, 0.4) is 0 Å². The van der Waals surface area contributed by atoms with E-state index in [2.05, 4.69) is 17.4 Å². The highest BCUT2D eigenvalue weighted by Crippen LogP contribution is 2.20. The van der Waals surface area contributed by atoms with Gasteiger partial charge in [-0.25, -0.2) is 0 Å². The molecule has 0 radical (unpaired) electrons. The van der Waals surface area contributed by atoms with Crippen molar-refractivity contribution in [3.63, 3.8) is 0 Å². The molecule has 1 saturated heterocycles. The number of anilines is 1. The van der Waals surface area contributed by atoms with Gasteiger partial charge in [0, 0.05) is 12.7 Å². The first-order valence-electron chi connectivity index (χ1n) is 6.72. The van der Waals surface area contributed by atoms with Crippen LogP contribution in [0, 0.1) is 5.92 Å². The maximum Gasteiger partial charge on any atom is 0.0802 e. The fourth-order valence-corrected chi connectivity index (χ4v) is 3.00. The molecule has 1 heterocycles. The van der Waals surface area contributed by atoms with Crippen molar-refractivity contribution < 1.29 is 8.76 Å². The van der Waals surface area contributed by atoms with Crippen LogP contribution in [0.1, 0.15) is 18.4 Å². The number of nitrogens with one attached hydrogen (secondary N) is 1. The van der Waals surface area contributed by atoms with Crippen molar-refractivity contribution >= 4 is 16.8 Å². The normalized spacial score (nSPS) is 18.2. The van der Waals surface area contributed by atoms with Gasteiger partial charge in [-0.15, -0.1) is 0 Å². The van der Waals surface area contributed by atoms with E-state index in [9.17, 15) is 8.76 Å². The first-order valence-corrected chi connectivity index (χ1v) is 7.96. The van der Waals surface area contributed by atoms with Crippen LogP contribution in [0.2, 0.25) is 0 Å². The number of piperidine rings is 1. The Morgan fingerprint density at radius 2 is 1.95 bits per heavy atom. The van der Waals surface area contributed by atoms with Gasteiger partial charge in [-0.2, -0.15) is 0 Å². The van der Waals surface area contributed by atoms with E-state index in [1.807, 2.05) is 12.1 Å². The molecule has 1 unspecified atom stereocenters. The van der Waals surface area contributed by atoms with Crippen molar-refractivity contribution in [2.75, 3.05) is 30.9 Å². The molecule has 19 heavy (non-hydrogen) atoms. The molecule has 1 N–H and O–H groups in total. The predicted octanol–water partition coefficient (Wildman–Crippen LogP) is 1.50. The molecule has 0 aromatic heterocycles. The Hall–Kier alpha value is -0.910. The van der Waals surface area contributed by atoms with Crippen LogP contribution in [-0.4, -0.2) is 34.8 Å². The molecule has 1 fully saturated rings. The summed E-state index contributed by atoms with van der Waals surface area (Å²) in [6.45, 7) is 2.25. The van der Waals surface area contributed by atoms with E-state index in [0.717, 1.165) is 31.1 Å². The van der Waals surface area contributed by atoms with Crippen LogP contribution in [-0.2, 0) is 17.5 Å². The van der Waals surface area contributed by atoms with Crippen LogP contribution < -0.4 is 10.2 Å². The lowest BCUT2D eigenvalue weighted by Crippen LogP contribution is -2.28. The molecule has 1 aliphatic rings. The van der Waals surface area contributed by atoms with Crippen molar-refractivity contribution in [3.05, 3.63) is 29.8 Å². The van der Waals surface area contributed by atoms with Crippen molar-refractivity contribution in [2.24, 2.45) is 5.92 Å². The Kier molecular flexibility index (Phi) is 5.36. The van der Waals surface area contributed by atoms with Crippen molar-refractivity contribution in [3.8, 4) is 0 Å². The van der Waals surface area contributed by atoms with Crippen molar-refractivity contribution in [1.29, 1.82) is 0 Å². The summed E-state index contributed by atoms with van der Waals surface area (Å²) in [7, 11) is 1.79. The average Bonchev–Trinajstić information content (AvgIpc) is 2.40. The Labute approximate surface area is 117 Å². The predicted molar refractivity (Wildman–Crippen MR) is 77.9 cm³/mol. The van der Waals surface area contributed by atoms with Gasteiger partial charge in [-0.3, -0.25) is 4.21 Å². The lowest BCUT2D eigenvalue weighted by atomic mass is 9.91. The molecule has 0 saturated carbocycles. The zero-order chi connectivity index (χ0) is 13.7. The van der Waals surface area contributed by atoms with Gasteiger partial charge >= 0.3 is 0 Å². The SMILES string of the molecule is CN(CS(=O)[O-])c1ccc(CC2CCNCC2)cc1. The van der Waals surface area contributed by atoms with Gasteiger partial charge in [0.15, 0.2) is 0 Å². The minimum atomic E-state index is -2.04.